The summed E-state index contributed by atoms with van der Waals surface area (Å²) in [4.78, 5) is 11.3. The average Bonchev–Trinajstić information content (AvgIpc) is 2.58. The van der Waals surface area contributed by atoms with Crippen molar-refractivity contribution in [1.82, 2.24) is 0 Å². The molecule has 0 bridgehead atoms. The molecule has 0 spiro atoms. The molecule has 22 heavy (non-hydrogen) atoms. The van der Waals surface area contributed by atoms with Crippen molar-refractivity contribution in [2.75, 3.05) is 14.2 Å². The quantitative estimate of drug-likeness (QED) is 0.603. The Balaban J connectivity index is 2.23. The first-order valence-corrected chi connectivity index (χ1v) is 7.20. The van der Waals surface area contributed by atoms with Crippen LogP contribution in [0.1, 0.15) is 16.7 Å². The predicted molar refractivity (Wildman–Crippen MR) is 87.9 cm³/mol. The van der Waals surface area contributed by atoms with Gasteiger partial charge in [0.2, 0.25) is 0 Å². The van der Waals surface area contributed by atoms with Crippen molar-refractivity contribution in [2.24, 2.45) is 0 Å². The zero-order chi connectivity index (χ0) is 15.8. The molecule has 0 aromatic heterocycles. The summed E-state index contributed by atoms with van der Waals surface area (Å²) in [7, 11) is 3.03. The molecule has 3 heteroatoms. The van der Waals surface area contributed by atoms with E-state index in [1.54, 1.807) is 13.2 Å². The van der Waals surface area contributed by atoms with E-state index in [0.29, 0.717) is 0 Å². The number of aryl methyl sites for hydroxylation is 1. The summed E-state index contributed by atoms with van der Waals surface area (Å²) in [6.07, 6.45) is 4.96. The minimum absolute atomic E-state index is 0.364. The van der Waals surface area contributed by atoms with Crippen molar-refractivity contribution in [3.05, 3.63) is 71.3 Å². The van der Waals surface area contributed by atoms with E-state index < -0.39 is 0 Å². The van der Waals surface area contributed by atoms with Gasteiger partial charge in [-0.25, -0.2) is 4.79 Å². The van der Waals surface area contributed by atoms with Gasteiger partial charge in [0, 0.05) is 11.6 Å². The van der Waals surface area contributed by atoms with Gasteiger partial charge in [0.15, 0.2) is 0 Å². The van der Waals surface area contributed by atoms with Gasteiger partial charge in [-0.15, -0.1) is 0 Å². The number of hydrogen-bond acceptors (Lipinski definition) is 3. The van der Waals surface area contributed by atoms with Gasteiger partial charge in [-0.1, -0.05) is 42.5 Å². The molecule has 2 aromatic rings. The molecular weight excluding hydrogens is 276 g/mol. The van der Waals surface area contributed by atoms with Gasteiger partial charge in [0.25, 0.3) is 0 Å². The number of benzene rings is 2. The third-order valence-electron chi connectivity index (χ3n) is 3.50. The number of esters is 1. The SMILES string of the molecule is COC(=O)/C=C\c1cccc(OC)c1CCc1ccccc1. The fraction of sp³-hybridized carbons (Fsp3) is 0.211. The molecular formula is C19H20O3. The molecule has 0 atom stereocenters. The van der Waals surface area contributed by atoms with Gasteiger partial charge in [-0.3, -0.25) is 0 Å². The lowest BCUT2D eigenvalue weighted by atomic mass is 9.98. The first-order chi connectivity index (χ1) is 10.7. The first kappa shape index (κ1) is 15.8. The predicted octanol–water partition coefficient (Wildman–Crippen LogP) is 3.67. The van der Waals surface area contributed by atoms with E-state index in [-0.39, 0.29) is 5.97 Å². The second-order valence-electron chi connectivity index (χ2n) is 4.87. The van der Waals surface area contributed by atoms with E-state index >= 15 is 0 Å². The Morgan fingerprint density at radius 2 is 1.77 bits per heavy atom. The number of ether oxygens (including phenoxy) is 2. The molecule has 0 aliphatic carbocycles. The molecule has 0 aliphatic heterocycles. The topological polar surface area (TPSA) is 35.5 Å². The van der Waals surface area contributed by atoms with E-state index in [2.05, 4.69) is 16.9 Å². The lowest BCUT2D eigenvalue weighted by Gasteiger charge is -2.12. The van der Waals surface area contributed by atoms with Gasteiger partial charge in [-0.2, -0.15) is 0 Å². The fourth-order valence-corrected chi connectivity index (χ4v) is 2.34. The van der Waals surface area contributed by atoms with Crippen LogP contribution in [0.25, 0.3) is 6.08 Å². The molecule has 2 rings (SSSR count). The number of carbonyl (C=O) groups excluding carboxylic acids is 1. The second kappa shape index (κ2) is 8.03. The van der Waals surface area contributed by atoms with Crippen molar-refractivity contribution in [2.45, 2.75) is 12.8 Å². The Kier molecular flexibility index (Phi) is 5.78. The Bertz CT molecular complexity index is 645. The van der Waals surface area contributed by atoms with E-state index in [9.17, 15) is 4.79 Å². The highest BCUT2D eigenvalue weighted by Crippen LogP contribution is 2.25. The zero-order valence-corrected chi connectivity index (χ0v) is 12.9. The van der Waals surface area contributed by atoms with Gasteiger partial charge in [-0.05, 0) is 36.1 Å². The largest absolute Gasteiger partial charge is 0.496 e. The summed E-state index contributed by atoms with van der Waals surface area (Å²) in [5.41, 5.74) is 3.34. The molecule has 3 nitrogen and oxygen atoms in total. The molecule has 0 aliphatic rings. The number of hydrogen-bond donors (Lipinski definition) is 0. The van der Waals surface area contributed by atoms with Crippen LogP contribution in [0.2, 0.25) is 0 Å². The summed E-state index contributed by atoms with van der Waals surface area (Å²) in [6.45, 7) is 0. The fourth-order valence-electron chi connectivity index (χ4n) is 2.34. The van der Waals surface area contributed by atoms with Crippen LogP contribution in [0.4, 0.5) is 0 Å². The maximum absolute atomic E-state index is 11.3. The Morgan fingerprint density at radius 1 is 1.00 bits per heavy atom. The Hall–Kier alpha value is -2.55. The maximum atomic E-state index is 11.3. The summed E-state index contributed by atoms with van der Waals surface area (Å²) >= 11 is 0. The molecule has 0 N–H and O–H groups in total. The molecule has 0 radical (unpaired) electrons. The van der Waals surface area contributed by atoms with E-state index in [1.165, 1.54) is 18.7 Å². The van der Waals surface area contributed by atoms with Crippen LogP contribution in [0, 0.1) is 0 Å². The van der Waals surface area contributed by atoms with E-state index in [1.807, 2.05) is 36.4 Å². The number of carbonyl (C=O) groups is 1. The molecule has 0 heterocycles. The molecule has 2 aromatic carbocycles. The lowest BCUT2D eigenvalue weighted by Crippen LogP contribution is -1.99. The molecule has 0 saturated heterocycles. The average molecular weight is 296 g/mol. The van der Waals surface area contributed by atoms with Crippen molar-refractivity contribution in [3.63, 3.8) is 0 Å². The smallest absolute Gasteiger partial charge is 0.330 e. The Morgan fingerprint density at radius 3 is 2.45 bits per heavy atom. The van der Waals surface area contributed by atoms with E-state index in [0.717, 1.165) is 29.7 Å². The normalized spacial score (nSPS) is 10.6. The minimum atomic E-state index is -0.364. The van der Waals surface area contributed by atoms with Crippen LogP contribution in [-0.4, -0.2) is 20.2 Å². The molecule has 0 saturated carbocycles. The summed E-state index contributed by atoms with van der Waals surface area (Å²) < 4.78 is 10.1. The van der Waals surface area contributed by atoms with Gasteiger partial charge < -0.3 is 9.47 Å². The van der Waals surface area contributed by atoms with Crippen molar-refractivity contribution >= 4 is 12.0 Å². The lowest BCUT2D eigenvalue weighted by molar-refractivity contribution is -0.134. The van der Waals surface area contributed by atoms with Crippen LogP contribution in [0.5, 0.6) is 5.75 Å². The second-order valence-corrected chi connectivity index (χ2v) is 4.87. The third-order valence-corrected chi connectivity index (χ3v) is 3.50. The molecule has 114 valence electrons. The summed E-state index contributed by atoms with van der Waals surface area (Å²) in [5.74, 6) is 0.472. The highest BCUT2D eigenvalue weighted by molar-refractivity contribution is 5.87. The van der Waals surface area contributed by atoms with Crippen LogP contribution >= 0.6 is 0 Å². The van der Waals surface area contributed by atoms with Crippen LogP contribution in [0.3, 0.4) is 0 Å². The Labute approximate surface area is 131 Å². The molecule has 0 fully saturated rings. The van der Waals surface area contributed by atoms with Crippen molar-refractivity contribution < 1.29 is 14.3 Å². The van der Waals surface area contributed by atoms with Crippen LogP contribution in [0.15, 0.2) is 54.6 Å². The van der Waals surface area contributed by atoms with E-state index in [4.69, 9.17) is 4.74 Å². The highest BCUT2D eigenvalue weighted by atomic mass is 16.5. The number of rotatable bonds is 6. The summed E-state index contributed by atoms with van der Waals surface area (Å²) in [6, 6.07) is 16.1. The summed E-state index contributed by atoms with van der Waals surface area (Å²) in [5, 5.41) is 0. The van der Waals surface area contributed by atoms with Crippen LogP contribution in [-0.2, 0) is 22.4 Å². The number of methoxy groups -OCH3 is 2. The monoisotopic (exact) mass is 296 g/mol. The molecule has 0 amide bonds. The van der Waals surface area contributed by atoms with Gasteiger partial charge in [0.1, 0.15) is 5.75 Å². The van der Waals surface area contributed by atoms with Crippen molar-refractivity contribution in [1.29, 1.82) is 0 Å². The van der Waals surface area contributed by atoms with Gasteiger partial charge >= 0.3 is 5.97 Å². The maximum Gasteiger partial charge on any atom is 0.330 e. The third kappa shape index (κ3) is 4.22. The minimum Gasteiger partial charge on any atom is -0.496 e. The van der Waals surface area contributed by atoms with Crippen LogP contribution < -0.4 is 4.74 Å². The van der Waals surface area contributed by atoms with Crippen molar-refractivity contribution in [3.8, 4) is 5.75 Å². The van der Waals surface area contributed by atoms with Gasteiger partial charge in [0.05, 0.1) is 14.2 Å². The first-order valence-electron chi connectivity index (χ1n) is 7.20. The zero-order valence-electron chi connectivity index (χ0n) is 12.9. The highest BCUT2D eigenvalue weighted by Gasteiger charge is 2.08. The standard InChI is InChI=1S/C19H20O3/c1-21-18-10-6-9-16(12-14-19(20)22-2)17(18)13-11-15-7-4-3-5-8-15/h3-10,12,14H,11,13H2,1-2H3/b14-12-. The molecule has 0 unspecified atom stereocenters.